The molecule has 0 saturated carbocycles. The zero-order chi connectivity index (χ0) is 16.7. The van der Waals surface area contributed by atoms with E-state index in [1.54, 1.807) is 18.4 Å². The highest BCUT2D eigenvalue weighted by Gasteiger charge is 2.14. The van der Waals surface area contributed by atoms with Crippen LogP contribution in [0.2, 0.25) is 0 Å². The minimum absolute atomic E-state index is 0.0353. The Kier molecular flexibility index (Phi) is 6.20. The quantitative estimate of drug-likeness (QED) is 0.561. The molecule has 6 nitrogen and oxygen atoms in total. The minimum Gasteiger partial charge on any atom is -0.491 e. The summed E-state index contributed by atoms with van der Waals surface area (Å²) in [7, 11) is -3.69. The molecule has 1 heterocycles. The van der Waals surface area contributed by atoms with Gasteiger partial charge in [-0.1, -0.05) is 4.89 Å². The Morgan fingerprint density at radius 1 is 1.17 bits per heavy atom. The average Bonchev–Trinajstić information content (AvgIpc) is 3.00. The van der Waals surface area contributed by atoms with Crippen molar-refractivity contribution in [3.8, 4) is 5.75 Å². The number of hydrogen-bond acceptors (Lipinski definition) is 5. The smallest absolute Gasteiger partial charge is 0.262 e. The molecule has 0 aliphatic rings. The van der Waals surface area contributed by atoms with E-state index in [4.69, 9.17) is 14.0 Å². The lowest BCUT2D eigenvalue weighted by molar-refractivity contribution is 0.0905. The Morgan fingerprint density at radius 2 is 1.91 bits per heavy atom. The van der Waals surface area contributed by atoms with Gasteiger partial charge in [-0.3, -0.25) is 4.84 Å². The summed E-state index contributed by atoms with van der Waals surface area (Å²) in [5, 5.41) is 0. The molecule has 0 saturated heterocycles. The van der Waals surface area contributed by atoms with Crippen molar-refractivity contribution >= 4 is 10.0 Å². The van der Waals surface area contributed by atoms with Gasteiger partial charge in [-0.2, -0.15) is 0 Å². The molecule has 1 N–H and O–H groups in total. The lowest BCUT2D eigenvalue weighted by Gasteiger charge is -2.11. The van der Waals surface area contributed by atoms with Crippen LogP contribution >= 0.6 is 0 Å². The monoisotopic (exact) mass is 339 g/mol. The van der Waals surface area contributed by atoms with Crippen molar-refractivity contribution < 1.29 is 22.4 Å². The summed E-state index contributed by atoms with van der Waals surface area (Å²) >= 11 is 0. The van der Waals surface area contributed by atoms with Crippen LogP contribution in [0.15, 0.2) is 52.0 Å². The molecule has 2 rings (SSSR count). The van der Waals surface area contributed by atoms with Gasteiger partial charge in [-0.15, -0.1) is 0 Å². The third kappa shape index (κ3) is 5.70. The van der Waals surface area contributed by atoms with Gasteiger partial charge in [0.2, 0.25) is 0 Å². The zero-order valence-corrected chi connectivity index (χ0v) is 14.0. The fourth-order valence-electron chi connectivity index (χ4n) is 1.91. The maximum Gasteiger partial charge on any atom is 0.262 e. The summed E-state index contributed by atoms with van der Waals surface area (Å²) in [6, 6.07) is 9.87. The van der Waals surface area contributed by atoms with Crippen molar-refractivity contribution in [1.82, 2.24) is 4.89 Å². The molecule has 2 aromatic rings. The highest BCUT2D eigenvalue weighted by atomic mass is 32.2. The molecule has 0 spiro atoms. The standard InChI is InChI=1S/C16H21NO5S/c1-13(2)22-15-7-9-16(10-8-15)23(18,19)17-21-12-4-6-14-5-3-11-20-14/h3,5,7-11,13,17H,4,6,12H2,1-2H3. The molecular weight excluding hydrogens is 318 g/mol. The van der Waals surface area contributed by atoms with Crippen LogP contribution in [0.5, 0.6) is 5.75 Å². The first kappa shape index (κ1) is 17.5. The molecule has 0 atom stereocenters. The van der Waals surface area contributed by atoms with Crippen molar-refractivity contribution in [2.24, 2.45) is 0 Å². The van der Waals surface area contributed by atoms with Crippen LogP contribution in [0, 0.1) is 0 Å². The number of rotatable bonds is 9. The third-order valence-corrected chi connectivity index (χ3v) is 4.15. The van der Waals surface area contributed by atoms with Crippen LogP contribution in [0.3, 0.4) is 0 Å². The van der Waals surface area contributed by atoms with Crippen LogP contribution in [0.1, 0.15) is 26.0 Å². The van der Waals surface area contributed by atoms with Crippen LogP contribution in [-0.2, 0) is 21.3 Å². The second kappa shape index (κ2) is 8.14. The van der Waals surface area contributed by atoms with Crippen molar-refractivity contribution in [2.45, 2.75) is 37.7 Å². The molecule has 23 heavy (non-hydrogen) atoms. The van der Waals surface area contributed by atoms with Gasteiger partial charge in [0.05, 0.1) is 23.9 Å². The van der Waals surface area contributed by atoms with E-state index < -0.39 is 10.0 Å². The van der Waals surface area contributed by atoms with E-state index in [2.05, 4.69) is 4.89 Å². The van der Waals surface area contributed by atoms with E-state index in [-0.39, 0.29) is 17.6 Å². The lowest BCUT2D eigenvalue weighted by atomic mass is 10.3. The molecule has 126 valence electrons. The van der Waals surface area contributed by atoms with Gasteiger partial charge in [-0.05, 0) is 56.7 Å². The van der Waals surface area contributed by atoms with E-state index in [9.17, 15) is 8.42 Å². The average molecular weight is 339 g/mol. The number of nitrogens with one attached hydrogen (secondary N) is 1. The molecule has 0 radical (unpaired) electrons. The molecule has 0 unspecified atom stereocenters. The first-order valence-electron chi connectivity index (χ1n) is 7.40. The Balaban J connectivity index is 1.79. The minimum atomic E-state index is -3.69. The van der Waals surface area contributed by atoms with Crippen molar-refractivity contribution in [3.63, 3.8) is 0 Å². The maximum absolute atomic E-state index is 12.1. The predicted octanol–water partition coefficient (Wildman–Crippen LogP) is 2.91. The van der Waals surface area contributed by atoms with E-state index >= 15 is 0 Å². The Morgan fingerprint density at radius 3 is 2.52 bits per heavy atom. The highest BCUT2D eigenvalue weighted by Crippen LogP contribution is 2.17. The predicted molar refractivity (Wildman–Crippen MR) is 85.5 cm³/mol. The number of hydrogen-bond donors (Lipinski definition) is 1. The Hall–Kier alpha value is -1.83. The van der Waals surface area contributed by atoms with Gasteiger partial charge in [0.1, 0.15) is 11.5 Å². The highest BCUT2D eigenvalue weighted by molar-refractivity contribution is 7.89. The summed E-state index contributed by atoms with van der Waals surface area (Å²) in [5.41, 5.74) is 0. The fraction of sp³-hybridized carbons (Fsp3) is 0.375. The number of sulfonamides is 1. The summed E-state index contributed by atoms with van der Waals surface area (Å²) < 4.78 is 34.8. The van der Waals surface area contributed by atoms with Gasteiger partial charge < -0.3 is 9.15 Å². The van der Waals surface area contributed by atoms with Gasteiger partial charge >= 0.3 is 0 Å². The van der Waals surface area contributed by atoms with Crippen LogP contribution in [0.4, 0.5) is 0 Å². The fourth-order valence-corrected chi connectivity index (χ4v) is 2.74. The number of furan rings is 1. The molecule has 1 aromatic heterocycles. The topological polar surface area (TPSA) is 77.8 Å². The molecule has 7 heteroatoms. The van der Waals surface area contributed by atoms with Crippen LogP contribution in [0.25, 0.3) is 0 Å². The molecule has 0 aliphatic carbocycles. The van der Waals surface area contributed by atoms with E-state index in [0.717, 1.165) is 5.76 Å². The zero-order valence-electron chi connectivity index (χ0n) is 13.2. The van der Waals surface area contributed by atoms with Gasteiger partial charge in [0.25, 0.3) is 10.0 Å². The van der Waals surface area contributed by atoms with Crippen molar-refractivity contribution in [3.05, 3.63) is 48.4 Å². The third-order valence-electron chi connectivity index (χ3n) is 2.92. The lowest BCUT2D eigenvalue weighted by Crippen LogP contribution is -2.24. The summed E-state index contributed by atoms with van der Waals surface area (Å²) in [6.07, 6.45) is 2.98. The normalized spacial score (nSPS) is 11.8. The molecule has 0 fully saturated rings. The van der Waals surface area contributed by atoms with E-state index in [1.165, 1.54) is 12.1 Å². The second-order valence-corrected chi connectivity index (χ2v) is 6.90. The van der Waals surface area contributed by atoms with E-state index in [1.807, 2.05) is 26.0 Å². The van der Waals surface area contributed by atoms with Gasteiger partial charge in [0, 0.05) is 6.42 Å². The first-order chi connectivity index (χ1) is 11.0. The molecule has 0 amide bonds. The van der Waals surface area contributed by atoms with Gasteiger partial charge in [0.15, 0.2) is 0 Å². The molecular formula is C16H21NO5S. The first-order valence-corrected chi connectivity index (χ1v) is 8.88. The largest absolute Gasteiger partial charge is 0.491 e. The van der Waals surface area contributed by atoms with Crippen LogP contribution in [-0.4, -0.2) is 21.1 Å². The maximum atomic E-state index is 12.1. The van der Waals surface area contributed by atoms with E-state index in [0.29, 0.717) is 18.6 Å². The van der Waals surface area contributed by atoms with Crippen LogP contribution < -0.4 is 9.62 Å². The summed E-state index contributed by atoms with van der Waals surface area (Å²) in [6.45, 7) is 4.07. The molecule has 0 bridgehead atoms. The van der Waals surface area contributed by atoms with Gasteiger partial charge in [-0.25, -0.2) is 8.42 Å². The summed E-state index contributed by atoms with van der Waals surface area (Å²) in [5.74, 6) is 1.47. The SMILES string of the molecule is CC(C)Oc1ccc(S(=O)(=O)NOCCCc2ccco2)cc1. The van der Waals surface area contributed by atoms with Crippen molar-refractivity contribution in [2.75, 3.05) is 6.61 Å². The summed E-state index contributed by atoms with van der Waals surface area (Å²) in [4.78, 5) is 7.28. The molecule has 0 aliphatic heterocycles. The Bertz CT molecular complexity index is 678. The number of ether oxygens (including phenoxy) is 1. The molecule has 1 aromatic carbocycles. The number of benzene rings is 1. The van der Waals surface area contributed by atoms with Crippen molar-refractivity contribution in [1.29, 1.82) is 0 Å². The Labute approximate surface area is 136 Å². The second-order valence-electron chi connectivity index (χ2n) is 5.26. The number of aryl methyl sites for hydroxylation is 1.